The summed E-state index contributed by atoms with van der Waals surface area (Å²) in [5.74, 6) is -1.44. The lowest BCUT2D eigenvalue weighted by atomic mass is 10.1. The third kappa shape index (κ3) is 8.18. The summed E-state index contributed by atoms with van der Waals surface area (Å²) < 4.78 is 5.25. The van der Waals surface area contributed by atoms with Gasteiger partial charge < -0.3 is 15.2 Å². The van der Waals surface area contributed by atoms with Crippen LogP contribution >= 0.6 is 0 Å². The monoisotopic (exact) mass is 369 g/mol. The van der Waals surface area contributed by atoms with E-state index >= 15 is 0 Å². The fourth-order valence-electron chi connectivity index (χ4n) is 2.47. The molecule has 6 heteroatoms. The van der Waals surface area contributed by atoms with E-state index in [0.29, 0.717) is 25.1 Å². The van der Waals surface area contributed by atoms with Crippen LogP contribution in [-0.2, 0) is 32.0 Å². The molecule has 0 saturated heterocycles. The Bertz CT molecular complexity index is 756. The van der Waals surface area contributed by atoms with Gasteiger partial charge >= 0.3 is 11.9 Å². The number of carbonyl (C=O) groups is 3. The maximum Gasteiger partial charge on any atom is 0.310 e. The van der Waals surface area contributed by atoms with Crippen LogP contribution in [0, 0.1) is 0 Å². The molecular formula is C21H23NO5. The van der Waals surface area contributed by atoms with E-state index in [-0.39, 0.29) is 31.1 Å². The summed E-state index contributed by atoms with van der Waals surface area (Å²) in [5, 5.41) is 11.3. The number of anilines is 1. The van der Waals surface area contributed by atoms with Crippen molar-refractivity contribution in [2.45, 2.75) is 32.1 Å². The molecule has 0 heterocycles. The van der Waals surface area contributed by atoms with Gasteiger partial charge in [0, 0.05) is 24.9 Å². The number of benzene rings is 2. The van der Waals surface area contributed by atoms with Crippen molar-refractivity contribution >= 4 is 23.5 Å². The van der Waals surface area contributed by atoms with Crippen LogP contribution in [0.15, 0.2) is 54.6 Å². The molecule has 0 fully saturated rings. The number of aliphatic carboxylic acids is 1. The van der Waals surface area contributed by atoms with Gasteiger partial charge in [-0.25, -0.2) is 0 Å². The number of carboxylic acid groups (broad SMARTS) is 1. The molecule has 0 atom stereocenters. The largest absolute Gasteiger partial charge is 0.481 e. The van der Waals surface area contributed by atoms with Crippen LogP contribution in [0.1, 0.15) is 30.4 Å². The Labute approximate surface area is 158 Å². The molecule has 1 amide bonds. The standard InChI is InChI=1S/C21H23NO5/c23-19(7-4-8-20(24)25)22-18-11-9-17(10-12-18)15-21(26)27-14-13-16-5-2-1-3-6-16/h1-3,5-6,9-12H,4,7-8,13-15H2,(H,22,23)(H,24,25). The number of amides is 1. The van der Waals surface area contributed by atoms with Crippen molar-refractivity contribution in [3.8, 4) is 0 Å². The molecule has 2 aromatic carbocycles. The van der Waals surface area contributed by atoms with Crippen LogP contribution < -0.4 is 5.32 Å². The van der Waals surface area contributed by atoms with E-state index in [1.165, 1.54) is 0 Å². The minimum absolute atomic E-state index is 0.0290. The summed E-state index contributed by atoms with van der Waals surface area (Å²) in [4.78, 5) is 34.0. The van der Waals surface area contributed by atoms with Gasteiger partial charge in [-0.2, -0.15) is 0 Å². The topological polar surface area (TPSA) is 92.7 Å². The van der Waals surface area contributed by atoms with E-state index in [1.54, 1.807) is 24.3 Å². The maximum atomic E-state index is 11.9. The van der Waals surface area contributed by atoms with Crippen LogP contribution in [0.2, 0.25) is 0 Å². The van der Waals surface area contributed by atoms with E-state index in [9.17, 15) is 14.4 Å². The second kappa shape index (κ2) is 10.8. The Balaban J connectivity index is 1.70. The van der Waals surface area contributed by atoms with E-state index < -0.39 is 5.97 Å². The van der Waals surface area contributed by atoms with Gasteiger partial charge in [-0.15, -0.1) is 0 Å². The minimum Gasteiger partial charge on any atom is -0.481 e. The molecule has 27 heavy (non-hydrogen) atoms. The molecule has 0 saturated carbocycles. The van der Waals surface area contributed by atoms with Gasteiger partial charge in [-0.3, -0.25) is 14.4 Å². The second-order valence-corrected chi connectivity index (χ2v) is 6.13. The van der Waals surface area contributed by atoms with Gasteiger partial charge in [0.1, 0.15) is 0 Å². The number of rotatable bonds is 10. The molecule has 2 N–H and O–H groups in total. The molecule has 0 unspecified atom stereocenters. The van der Waals surface area contributed by atoms with E-state index in [0.717, 1.165) is 11.1 Å². The highest BCUT2D eigenvalue weighted by Crippen LogP contribution is 2.12. The van der Waals surface area contributed by atoms with Crippen molar-refractivity contribution in [3.63, 3.8) is 0 Å². The van der Waals surface area contributed by atoms with Crippen molar-refractivity contribution < 1.29 is 24.2 Å². The highest BCUT2D eigenvalue weighted by Gasteiger charge is 2.07. The average molecular weight is 369 g/mol. The molecule has 0 aromatic heterocycles. The van der Waals surface area contributed by atoms with Gasteiger partial charge in [-0.1, -0.05) is 42.5 Å². The van der Waals surface area contributed by atoms with Gasteiger partial charge in [0.15, 0.2) is 0 Å². The molecule has 142 valence electrons. The molecule has 2 aromatic rings. The molecule has 0 radical (unpaired) electrons. The normalized spacial score (nSPS) is 10.2. The summed E-state index contributed by atoms with van der Waals surface area (Å²) in [6.07, 6.45) is 1.27. The first kappa shape index (κ1) is 20.2. The molecule has 0 spiro atoms. The highest BCUT2D eigenvalue weighted by molar-refractivity contribution is 5.90. The SMILES string of the molecule is O=C(O)CCCC(=O)Nc1ccc(CC(=O)OCCc2ccccc2)cc1. The Hall–Kier alpha value is -3.15. The van der Waals surface area contributed by atoms with Crippen LogP contribution in [0.4, 0.5) is 5.69 Å². The first-order valence-corrected chi connectivity index (χ1v) is 8.83. The van der Waals surface area contributed by atoms with Crippen molar-refractivity contribution in [1.29, 1.82) is 0 Å². The predicted molar refractivity (Wildman–Crippen MR) is 101 cm³/mol. The molecule has 0 aliphatic heterocycles. The lowest BCUT2D eigenvalue weighted by Crippen LogP contribution is -2.12. The van der Waals surface area contributed by atoms with Crippen molar-refractivity contribution in [3.05, 3.63) is 65.7 Å². The maximum absolute atomic E-state index is 11.9. The zero-order chi connectivity index (χ0) is 19.5. The molecule has 0 aliphatic rings. The van der Waals surface area contributed by atoms with Gasteiger partial charge in [0.05, 0.1) is 13.0 Å². The quantitative estimate of drug-likeness (QED) is 0.627. The van der Waals surface area contributed by atoms with Gasteiger partial charge in [-0.05, 0) is 29.7 Å². The Morgan fingerprint density at radius 2 is 1.59 bits per heavy atom. The molecule has 2 rings (SSSR count). The summed E-state index contributed by atoms with van der Waals surface area (Å²) in [5.41, 5.74) is 2.52. The van der Waals surface area contributed by atoms with Crippen molar-refractivity contribution in [2.75, 3.05) is 11.9 Å². The van der Waals surface area contributed by atoms with Gasteiger partial charge in [0.2, 0.25) is 5.91 Å². The fourth-order valence-corrected chi connectivity index (χ4v) is 2.47. The first-order chi connectivity index (χ1) is 13.0. The van der Waals surface area contributed by atoms with E-state index in [2.05, 4.69) is 5.32 Å². The zero-order valence-electron chi connectivity index (χ0n) is 15.0. The Morgan fingerprint density at radius 3 is 2.26 bits per heavy atom. The number of hydrogen-bond acceptors (Lipinski definition) is 4. The Kier molecular flexibility index (Phi) is 8.03. The minimum atomic E-state index is -0.914. The first-order valence-electron chi connectivity index (χ1n) is 8.83. The number of nitrogens with one attached hydrogen (secondary N) is 1. The highest BCUT2D eigenvalue weighted by atomic mass is 16.5. The van der Waals surface area contributed by atoms with Gasteiger partial charge in [0.25, 0.3) is 0 Å². The van der Waals surface area contributed by atoms with Crippen LogP contribution in [-0.4, -0.2) is 29.6 Å². The summed E-state index contributed by atoms with van der Waals surface area (Å²) in [6, 6.07) is 16.7. The van der Waals surface area contributed by atoms with E-state index in [4.69, 9.17) is 9.84 Å². The third-order valence-corrected chi connectivity index (χ3v) is 3.88. The summed E-state index contributed by atoms with van der Waals surface area (Å²) in [7, 11) is 0. The molecule has 6 nitrogen and oxygen atoms in total. The molecule has 0 aliphatic carbocycles. The van der Waals surface area contributed by atoms with Crippen LogP contribution in [0.5, 0.6) is 0 Å². The lowest BCUT2D eigenvalue weighted by Gasteiger charge is -2.07. The molecular weight excluding hydrogens is 346 g/mol. The molecule has 0 bridgehead atoms. The lowest BCUT2D eigenvalue weighted by molar-refractivity contribution is -0.142. The second-order valence-electron chi connectivity index (χ2n) is 6.13. The van der Waals surface area contributed by atoms with Crippen molar-refractivity contribution in [2.24, 2.45) is 0 Å². The predicted octanol–water partition coefficient (Wildman–Crippen LogP) is 3.21. The average Bonchev–Trinajstić information content (AvgIpc) is 2.64. The smallest absolute Gasteiger partial charge is 0.310 e. The number of carbonyl (C=O) groups excluding carboxylic acids is 2. The number of hydrogen-bond donors (Lipinski definition) is 2. The Morgan fingerprint density at radius 1 is 0.889 bits per heavy atom. The summed E-state index contributed by atoms with van der Waals surface area (Å²) in [6.45, 7) is 0.341. The third-order valence-electron chi connectivity index (χ3n) is 3.88. The number of carboxylic acids is 1. The van der Waals surface area contributed by atoms with Crippen LogP contribution in [0.3, 0.4) is 0 Å². The van der Waals surface area contributed by atoms with E-state index in [1.807, 2.05) is 30.3 Å². The zero-order valence-corrected chi connectivity index (χ0v) is 15.0. The van der Waals surface area contributed by atoms with Crippen molar-refractivity contribution in [1.82, 2.24) is 0 Å². The number of esters is 1. The fraction of sp³-hybridized carbons (Fsp3) is 0.286. The number of ether oxygens (including phenoxy) is 1. The van der Waals surface area contributed by atoms with Crippen LogP contribution in [0.25, 0.3) is 0 Å². The summed E-state index contributed by atoms with van der Waals surface area (Å²) >= 11 is 0.